The van der Waals surface area contributed by atoms with Gasteiger partial charge in [-0.1, -0.05) is 64.1 Å². The predicted octanol–water partition coefficient (Wildman–Crippen LogP) is 10.4. The van der Waals surface area contributed by atoms with Crippen LogP contribution in [0.5, 0.6) is 5.75 Å². The summed E-state index contributed by atoms with van der Waals surface area (Å²) in [7, 11) is 3.60. The zero-order chi connectivity index (χ0) is 42.3. The first kappa shape index (κ1) is 43.2. The third-order valence-electron chi connectivity index (χ3n) is 12.5. The fourth-order valence-electron chi connectivity index (χ4n) is 8.90. The summed E-state index contributed by atoms with van der Waals surface area (Å²) in [6.45, 7) is 5.56. The number of esters is 1. The Balaban J connectivity index is 1.03. The molecule has 1 unspecified atom stereocenters. The minimum Gasteiger partial charge on any atom is -0.490 e. The molecule has 322 valence electrons. The van der Waals surface area contributed by atoms with Gasteiger partial charge in [0.1, 0.15) is 41.9 Å². The van der Waals surface area contributed by atoms with E-state index in [4.69, 9.17) is 28.0 Å². The van der Waals surface area contributed by atoms with Gasteiger partial charge < -0.3 is 37.8 Å². The fourth-order valence-corrected chi connectivity index (χ4v) is 9.17. The molecule has 60 heavy (non-hydrogen) atoms. The molecule has 0 spiro atoms. The van der Waals surface area contributed by atoms with Crippen molar-refractivity contribution in [3.63, 3.8) is 0 Å². The minimum absolute atomic E-state index is 0.00596. The fraction of sp³-hybridized carbons (Fsp3) is 0.543. The molecule has 0 radical (unpaired) electrons. The largest absolute Gasteiger partial charge is 0.490 e. The third-order valence-corrected chi connectivity index (χ3v) is 13.0. The Morgan fingerprint density at radius 2 is 1.28 bits per heavy atom. The van der Waals surface area contributed by atoms with Crippen molar-refractivity contribution >= 4 is 34.1 Å². The first-order valence-corrected chi connectivity index (χ1v) is 22.2. The van der Waals surface area contributed by atoms with Crippen LogP contribution >= 0.6 is 15.9 Å². The first-order chi connectivity index (χ1) is 28.9. The van der Waals surface area contributed by atoms with Gasteiger partial charge in [-0.05, 0) is 108 Å². The van der Waals surface area contributed by atoms with E-state index in [1.165, 1.54) is 0 Å². The number of aromatic nitrogens is 2. The maximum Gasteiger partial charge on any atom is 0.410 e. The number of carbonyl (C=O) groups excluding carboxylic acids is 3. The summed E-state index contributed by atoms with van der Waals surface area (Å²) in [4.78, 5) is 43.2. The molecule has 0 saturated heterocycles. The van der Waals surface area contributed by atoms with E-state index in [1.807, 2.05) is 69.3 Å². The first-order valence-electron chi connectivity index (χ1n) is 21.4. The lowest BCUT2D eigenvalue weighted by molar-refractivity contribution is -0.157. The van der Waals surface area contributed by atoms with Crippen LogP contribution in [0.25, 0.3) is 22.5 Å². The average molecular weight is 890 g/mol. The van der Waals surface area contributed by atoms with E-state index in [9.17, 15) is 14.4 Å². The topological polar surface area (TPSA) is 147 Å². The van der Waals surface area contributed by atoms with Gasteiger partial charge >= 0.3 is 18.2 Å². The SMILES string of the molecule is Cc1onc(-c2ccc(O[C@H]3CCC(Cc4onc(-c5ccc(Br)cc5)c4COC(=O)N(C)C4CCCC4)[C@H](C(=O)OC(C)C)C3)cc2)c1COC(=O)N(C)C1CCCC1. The number of rotatable bonds is 14. The van der Waals surface area contributed by atoms with E-state index in [0.717, 1.165) is 72.5 Å². The highest BCUT2D eigenvalue weighted by Crippen LogP contribution is 2.39. The number of aryl methyl sites for hydroxylation is 1. The second kappa shape index (κ2) is 19.7. The number of carbonyl (C=O) groups is 3. The Kier molecular flexibility index (Phi) is 14.2. The van der Waals surface area contributed by atoms with Crippen molar-refractivity contribution in [1.29, 1.82) is 0 Å². The van der Waals surface area contributed by atoms with Gasteiger partial charge in [-0.25, -0.2) is 9.59 Å². The lowest BCUT2D eigenvalue weighted by Gasteiger charge is -2.35. The van der Waals surface area contributed by atoms with Crippen LogP contribution in [0.4, 0.5) is 9.59 Å². The van der Waals surface area contributed by atoms with Gasteiger partial charge in [0.25, 0.3) is 0 Å². The number of benzene rings is 2. The van der Waals surface area contributed by atoms with E-state index < -0.39 is 5.92 Å². The van der Waals surface area contributed by atoms with Gasteiger partial charge in [0.2, 0.25) is 0 Å². The van der Waals surface area contributed by atoms with Crippen LogP contribution in [0, 0.1) is 18.8 Å². The number of hydrogen-bond donors (Lipinski definition) is 0. The molecule has 2 aromatic carbocycles. The molecule has 3 aliphatic carbocycles. The molecule has 7 rings (SSSR count). The Morgan fingerprint density at radius 3 is 1.87 bits per heavy atom. The Labute approximate surface area is 360 Å². The normalized spacial score (nSPS) is 19.7. The molecule has 13 nitrogen and oxygen atoms in total. The maximum absolute atomic E-state index is 13.7. The molecule has 2 amide bonds. The average Bonchev–Trinajstić information content (AvgIpc) is 4.09. The Hall–Kier alpha value is -4.85. The van der Waals surface area contributed by atoms with Crippen LogP contribution in [0.3, 0.4) is 0 Å². The van der Waals surface area contributed by atoms with Crippen molar-refractivity contribution in [1.82, 2.24) is 20.1 Å². The summed E-state index contributed by atoms with van der Waals surface area (Å²) in [6, 6.07) is 15.7. The number of ether oxygens (including phenoxy) is 4. The summed E-state index contributed by atoms with van der Waals surface area (Å²) in [6.07, 6.45) is 9.42. The van der Waals surface area contributed by atoms with Crippen molar-refractivity contribution < 1.29 is 42.4 Å². The molecule has 0 N–H and O–H groups in total. The zero-order valence-electron chi connectivity index (χ0n) is 35.3. The van der Waals surface area contributed by atoms with Crippen molar-refractivity contribution in [2.24, 2.45) is 11.8 Å². The number of halogens is 1. The monoisotopic (exact) mass is 888 g/mol. The molecular weight excluding hydrogens is 832 g/mol. The molecule has 3 aliphatic rings. The maximum atomic E-state index is 13.7. The van der Waals surface area contributed by atoms with Gasteiger partial charge in [0, 0.05) is 48.2 Å². The molecule has 3 fully saturated rings. The van der Waals surface area contributed by atoms with E-state index in [1.54, 1.807) is 23.9 Å². The molecule has 2 aromatic heterocycles. The summed E-state index contributed by atoms with van der Waals surface area (Å²) in [5.41, 5.74) is 4.27. The molecule has 4 aromatic rings. The van der Waals surface area contributed by atoms with Gasteiger partial charge in [-0.2, -0.15) is 0 Å². The molecule has 0 aliphatic heterocycles. The highest BCUT2D eigenvalue weighted by atomic mass is 79.9. The molecule has 2 heterocycles. The number of hydrogen-bond acceptors (Lipinski definition) is 11. The standard InChI is InChI=1S/C46H57BrN4O9/c1-28(2)57-44(52)38-25-37(58-36-21-16-31(17-22-36)42-39(29(3)59-48-42)26-55-45(53)50(4)34-10-6-7-11-34)23-18-32(38)24-41-40(27-56-46(54)51(5)35-12-8-9-13-35)43(49-60-41)30-14-19-33(47)20-15-30/h14-17,19-22,28,32,34-35,37-38H,6-13,18,23-27H2,1-5H3/t32?,37-,38+/m0/s1. The van der Waals surface area contributed by atoms with E-state index in [2.05, 4.69) is 26.2 Å². The number of amides is 2. The summed E-state index contributed by atoms with van der Waals surface area (Å²) in [5.74, 6) is 0.969. The van der Waals surface area contributed by atoms with Crippen LogP contribution in [0.2, 0.25) is 0 Å². The van der Waals surface area contributed by atoms with Crippen molar-refractivity contribution in [2.75, 3.05) is 14.1 Å². The summed E-state index contributed by atoms with van der Waals surface area (Å²) in [5, 5.41) is 8.76. The smallest absolute Gasteiger partial charge is 0.410 e. The van der Waals surface area contributed by atoms with Gasteiger partial charge in [0.05, 0.1) is 29.3 Å². The van der Waals surface area contributed by atoms with Crippen LogP contribution < -0.4 is 4.74 Å². The lowest BCUT2D eigenvalue weighted by Crippen LogP contribution is -2.38. The van der Waals surface area contributed by atoms with Gasteiger partial charge in [-0.15, -0.1) is 0 Å². The predicted molar refractivity (Wildman–Crippen MR) is 227 cm³/mol. The van der Waals surface area contributed by atoms with Crippen LogP contribution in [-0.4, -0.2) is 76.7 Å². The van der Waals surface area contributed by atoms with Gasteiger partial charge in [-0.3, -0.25) is 4.79 Å². The van der Waals surface area contributed by atoms with E-state index in [-0.39, 0.29) is 61.6 Å². The highest BCUT2D eigenvalue weighted by molar-refractivity contribution is 9.10. The zero-order valence-corrected chi connectivity index (χ0v) is 36.9. The van der Waals surface area contributed by atoms with Crippen molar-refractivity contribution in [2.45, 2.75) is 135 Å². The number of nitrogens with zero attached hydrogens (tertiary/aromatic N) is 4. The van der Waals surface area contributed by atoms with Crippen LogP contribution in [0.1, 0.15) is 107 Å². The molecular formula is C46H57BrN4O9. The highest BCUT2D eigenvalue weighted by Gasteiger charge is 2.39. The van der Waals surface area contributed by atoms with E-state index >= 15 is 0 Å². The summed E-state index contributed by atoms with van der Waals surface area (Å²) >= 11 is 3.51. The lowest BCUT2D eigenvalue weighted by atomic mass is 9.75. The summed E-state index contributed by atoms with van der Waals surface area (Å²) < 4.78 is 36.4. The molecule has 0 bridgehead atoms. The second-order valence-electron chi connectivity index (χ2n) is 16.8. The quantitative estimate of drug-likeness (QED) is 0.0880. The van der Waals surface area contributed by atoms with Gasteiger partial charge in [0.15, 0.2) is 0 Å². The minimum atomic E-state index is -0.466. The molecule has 3 saturated carbocycles. The van der Waals surface area contributed by atoms with Crippen molar-refractivity contribution in [3.8, 4) is 28.3 Å². The van der Waals surface area contributed by atoms with Crippen LogP contribution in [0.15, 0.2) is 62.0 Å². The molecule has 14 heteroatoms. The molecule has 3 atom stereocenters. The third kappa shape index (κ3) is 10.4. The Bertz CT molecular complexity index is 2070. The van der Waals surface area contributed by atoms with E-state index in [0.29, 0.717) is 59.9 Å². The van der Waals surface area contributed by atoms with Crippen LogP contribution in [-0.2, 0) is 38.6 Å². The second-order valence-corrected chi connectivity index (χ2v) is 17.8. The van der Waals surface area contributed by atoms with Crippen molar-refractivity contribution in [3.05, 3.63) is 75.7 Å². The Morgan fingerprint density at radius 1 is 0.750 bits per heavy atom.